The number of aromatic nitrogens is 1. The van der Waals surface area contributed by atoms with Crippen molar-refractivity contribution < 1.29 is 14.7 Å². The van der Waals surface area contributed by atoms with Crippen molar-refractivity contribution in [2.45, 2.75) is 26.3 Å². The van der Waals surface area contributed by atoms with Crippen LogP contribution < -0.4 is 5.32 Å². The number of hydrogen-bond donors (Lipinski definition) is 2. The van der Waals surface area contributed by atoms with Crippen LogP contribution in [0.15, 0.2) is 12.1 Å². The largest absolute Gasteiger partial charge is 0.480 e. The lowest BCUT2D eigenvalue weighted by Gasteiger charge is -2.21. The zero-order valence-corrected chi connectivity index (χ0v) is 10.5. The molecule has 0 aliphatic heterocycles. The number of pyridine rings is 1. The van der Waals surface area contributed by atoms with Crippen molar-refractivity contribution >= 4 is 23.5 Å². The number of nitrogens with one attached hydrogen (secondary N) is 1. The molecule has 1 rings (SSSR count). The summed E-state index contributed by atoms with van der Waals surface area (Å²) in [6.45, 7) is 4.51. The molecular formula is C11H13ClN2O3. The lowest BCUT2D eigenvalue weighted by Crippen LogP contribution is -2.49. The number of carbonyl (C=O) groups excluding carboxylic acids is 1. The van der Waals surface area contributed by atoms with Crippen LogP contribution in [-0.4, -0.2) is 27.5 Å². The first-order valence-electron chi connectivity index (χ1n) is 4.92. The summed E-state index contributed by atoms with van der Waals surface area (Å²) in [5.41, 5.74) is -0.451. The Bertz CT molecular complexity index is 452. The monoisotopic (exact) mass is 256 g/mol. The normalized spacial score (nSPS) is 11.1. The van der Waals surface area contributed by atoms with Crippen LogP contribution in [0.4, 0.5) is 0 Å². The van der Waals surface area contributed by atoms with Crippen LogP contribution >= 0.6 is 11.6 Å². The quantitative estimate of drug-likeness (QED) is 0.806. The van der Waals surface area contributed by atoms with Crippen molar-refractivity contribution in [3.05, 3.63) is 28.5 Å². The second-order valence-corrected chi connectivity index (χ2v) is 4.59. The Labute approximate surface area is 104 Å². The number of carboxylic acid groups (broad SMARTS) is 1. The Balaban J connectivity index is 2.94. The second-order valence-electron chi connectivity index (χ2n) is 4.20. The summed E-state index contributed by atoms with van der Waals surface area (Å²) in [6, 6.07) is 2.93. The minimum absolute atomic E-state index is 0.197. The molecule has 2 N–H and O–H groups in total. The molecule has 92 valence electrons. The fourth-order valence-corrected chi connectivity index (χ4v) is 1.42. The maximum absolute atomic E-state index is 11.8. The summed E-state index contributed by atoms with van der Waals surface area (Å²) in [5.74, 6) is -1.60. The molecule has 0 fully saturated rings. The second kappa shape index (κ2) is 4.71. The fourth-order valence-electron chi connectivity index (χ4n) is 1.17. The molecular weight excluding hydrogens is 244 g/mol. The van der Waals surface area contributed by atoms with Crippen molar-refractivity contribution in [1.29, 1.82) is 0 Å². The van der Waals surface area contributed by atoms with Gasteiger partial charge in [0.05, 0.1) is 0 Å². The van der Waals surface area contributed by atoms with Gasteiger partial charge in [0.25, 0.3) is 5.91 Å². The van der Waals surface area contributed by atoms with Gasteiger partial charge < -0.3 is 10.4 Å². The topological polar surface area (TPSA) is 79.3 Å². The number of rotatable bonds is 3. The minimum Gasteiger partial charge on any atom is -0.480 e. The SMILES string of the molecule is Cc1cc(C(=O)NC(C)(C)C(=O)O)cc(Cl)n1. The van der Waals surface area contributed by atoms with E-state index in [1.54, 1.807) is 13.0 Å². The predicted octanol–water partition coefficient (Wildman–Crippen LogP) is 1.64. The molecule has 1 aromatic heterocycles. The molecule has 0 atom stereocenters. The molecule has 0 saturated heterocycles. The summed E-state index contributed by atoms with van der Waals surface area (Å²) in [7, 11) is 0. The highest BCUT2D eigenvalue weighted by Gasteiger charge is 2.29. The zero-order valence-electron chi connectivity index (χ0n) is 9.74. The molecule has 6 heteroatoms. The average Bonchev–Trinajstić information content (AvgIpc) is 2.15. The highest BCUT2D eigenvalue weighted by atomic mass is 35.5. The van der Waals surface area contributed by atoms with Crippen LogP contribution in [0.3, 0.4) is 0 Å². The van der Waals surface area contributed by atoms with E-state index in [-0.39, 0.29) is 10.7 Å². The number of carboxylic acids is 1. The summed E-state index contributed by atoms with van der Waals surface area (Å²) in [5, 5.41) is 11.5. The number of halogens is 1. The summed E-state index contributed by atoms with van der Waals surface area (Å²) >= 11 is 5.72. The van der Waals surface area contributed by atoms with Gasteiger partial charge >= 0.3 is 5.97 Å². The predicted molar refractivity (Wildman–Crippen MR) is 63.2 cm³/mol. The third-order valence-corrected chi connectivity index (χ3v) is 2.34. The Morgan fingerprint density at radius 1 is 1.41 bits per heavy atom. The Morgan fingerprint density at radius 2 is 2.00 bits per heavy atom. The maximum atomic E-state index is 11.8. The van der Waals surface area contributed by atoms with Crippen molar-refractivity contribution in [2.24, 2.45) is 0 Å². The number of aryl methyl sites for hydroxylation is 1. The standard InChI is InChI=1S/C11H13ClN2O3/c1-6-4-7(5-8(12)13-6)9(15)14-11(2,3)10(16)17/h4-5H,1-3H3,(H,14,15)(H,16,17). The first-order valence-corrected chi connectivity index (χ1v) is 5.30. The molecule has 0 saturated carbocycles. The maximum Gasteiger partial charge on any atom is 0.328 e. The number of hydrogen-bond acceptors (Lipinski definition) is 3. The summed E-state index contributed by atoms with van der Waals surface area (Å²) in [6.07, 6.45) is 0. The van der Waals surface area contributed by atoms with Gasteiger partial charge in [-0.05, 0) is 32.9 Å². The van der Waals surface area contributed by atoms with E-state index in [0.29, 0.717) is 5.69 Å². The van der Waals surface area contributed by atoms with Crippen molar-refractivity contribution in [2.75, 3.05) is 0 Å². The Hall–Kier alpha value is -1.62. The van der Waals surface area contributed by atoms with Gasteiger partial charge in [-0.2, -0.15) is 0 Å². The zero-order chi connectivity index (χ0) is 13.2. The fraction of sp³-hybridized carbons (Fsp3) is 0.364. The van der Waals surface area contributed by atoms with Crippen LogP contribution in [0.2, 0.25) is 5.15 Å². The molecule has 1 amide bonds. The van der Waals surface area contributed by atoms with Crippen LogP contribution in [0.25, 0.3) is 0 Å². The minimum atomic E-state index is -1.33. The lowest BCUT2D eigenvalue weighted by molar-refractivity contribution is -0.143. The van der Waals surface area contributed by atoms with Crippen LogP contribution in [0.1, 0.15) is 29.9 Å². The van der Waals surface area contributed by atoms with E-state index in [4.69, 9.17) is 16.7 Å². The van der Waals surface area contributed by atoms with Gasteiger partial charge in [0, 0.05) is 11.3 Å². The van der Waals surface area contributed by atoms with Gasteiger partial charge in [-0.15, -0.1) is 0 Å². The lowest BCUT2D eigenvalue weighted by atomic mass is 10.1. The molecule has 1 heterocycles. The molecule has 1 aromatic rings. The first kappa shape index (κ1) is 13.4. The molecule has 0 spiro atoms. The molecule has 0 bridgehead atoms. The molecule has 0 radical (unpaired) electrons. The van der Waals surface area contributed by atoms with E-state index in [1.165, 1.54) is 19.9 Å². The van der Waals surface area contributed by atoms with E-state index in [1.807, 2.05) is 0 Å². The Kier molecular flexibility index (Phi) is 3.72. The molecule has 0 aromatic carbocycles. The van der Waals surface area contributed by atoms with Crippen LogP contribution in [0, 0.1) is 6.92 Å². The number of nitrogens with zero attached hydrogens (tertiary/aromatic N) is 1. The van der Waals surface area contributed by atoms with E-state index < -0.39 is 17.4 Å². The summed E-state index contributed by atoms with van der Waals surface area (Å²) in [4.78, 5) is 26.6. The first-order chi connectivity index (χ1) is 7.72. The highest BCUT2D eigenvalue weighted by Crippen LogP contribution is 2.12. The molecule has 0 unspecified atom stereocenters. The molecule has 0 aliphatic rings. The van der Waals surface area contributed by atoms with Crippen molar-refractivity contribution in [3.8, 4) is 0 Å². The summed E-state index contributed by atoms with van der Waals surface area (Å²) < 4.78 is 0. The van der Waals surface area contributed by atoms with Gasteiger partial charge in [0.2, 0.25) is 0 Å². The van der Waals surface area contributed by atoms with Crippen molar-refractivity contribution in [1.82, 2.24) is 10.3 Å². The molecule has 0 aliphatic carbocycles. The van der Waals surface area contributed by atoms with Gasteiger partial charge in [0.15, 0.2) is 0 Å². The highest BCUT2D eigenvalue weighted by molar-refractivity contribution is 6.29. The van der Waals surface area contributed by atoms with E-state index in [0.717, 1.165) is 0 Å². The van der Waals surface area contributed by atoms with E-state index >= 15 is 0 Å². The third kappa shape index (κ3) is 3.42. The third-order valence-electron chi connectivity index (χ3n) is 2.15. The Morgan fingerprint density at radius 3 is 2.47 bits per heavy atom. The van der Waals surface area contributed by atoms with Gasteiger partial charge in [-0.1, -0.05) is 11.6 Å². The number of amides is 1. The van der Waals surface area contributed by atoms with Gasteiger partial charge in [0.1, 0.15) is 10.7 Å². The number of aliphatic carboxylic acids is 1. The van der Waals surface area contributed by atoms with Gasteiger partial charge in [-0.25, -0.2) is 9.78 Å². The van der Waals surface area contributed by atoms with E-state index in [2.05, 4.69) is 10.3 Å². The smallest absolute Gasteiger partial charge is 0.328 e. The molecule has 17 heavy (non-hydrogen) atoms. The van der Waals surface area contributed by atoms with E-state index in [9.17, 15) is 9.59 Å². The molecule has 5 nitrogen and oxygen atoms in total. The van der Waals surface area contributed by atoms with Gasteiger partial charge in [-0.3, -0.25) is 4.79 Å². The van der Waals surface area contributed by atoms with Crippen molar-refractivity contribution in [3.63, 3.8) is 0 Å². The average molecular weight is 257 g/mol. The van der Waals surface area contributed by atoms with Crippen LogP contribution in [-0.2, 0) is 4.79 Å². The van der Waals surface area contributed by atoms with Crippen LogP contribution in [0.5, 0.6) is 0 Å². The number of carbonyl (C=O) groups is 2.